The Kier molecular flexibility index (Phi) is 6.32. The largest absolute Gasteiger partial charge is 0.392 e. The molecule has 0 spiro atoms. The summed E-state index contributed by atoms with van der Waals surface area (Å²) in [4.78, 5) is 11.9. The van der Waals surface area contributed by atoms with Gasteiger partial charge in [-0.15, -0.1) is 0 Å². The molecule has 0 heterocycles. The lowest BCUT2D eigenvalue weighted by molar-refractivity contribution is 0.0924. The van der Waals surface area contributed by atoms with E-state index in [2.05, 4.69) is 10.0 Å². The highest BCUT2D eigenvalue weighted by atomic mass is 32.2. The van der Waals surface area contributed by atoms with Gasteiger partial charge in [-0.05, 0) is 44.5 Å². The first-order valence-corrected chi connectivity index (χ1v) is 8.33. The second-order valence-electron chi connectivity index (χ2n) is 5.01. The molecule has 0 aliphatic heterocycles. The number of aliphatic hydroxyl groups excluding tert-OH is 1. The van der Waals surface area contributed by atoms with Gasteiger partial charge in [-0.25, -0.2) is 13.1 Å². The van der Waals surface area contributed by atoms with E-state index in [0.717, 1.165) is 0 Å². The van der Waals surface area contributed by atoms with Gasteiger partial charge in [-0.3, -0.25) is 4.79 Å². The summed E-state index contributed by atoms with van der Waals surface area (Å²) in [5.74, 6) is -0.352. The minimum atomic E-state index is -3.56. The van der Waals surface area contributed by atoms with Crippen molar-refractivity contribution in [3.05, 3.63) is 29.8 Å². The monoisotopic (exact) mass is 314 g/mol. The van der Waals surface area contributed by atoms with Crippen LogP contribution < -0.4 is 10.0 Å². The number of rotatable bonds is 7. The molecular formula is C14H22N2O4S. The Balaban J connectivity index is 2.80. The molecule has 3 N–H and O–H groups in total. The number of nitrogens with one attached hydrogen (secondary N) is 2. The number of benzene rings is 1. The van der Waals surface area contributed by atoms with Crippen molar-refractivity contribution >= 4 is 15.9 Å². The highest BCUT2D eigenvalue weighted by Crippen LogP contribution is 2.11. The number of amides is 1. The number of carbonyl (C=O) groups excluding carboxylic acids is 1. The summed E-state index contributed by atoms with van der Waals surface area (Å²) in [7, 11) is -3.56. The van der Waals surface area contributed by atoms with E-state index < -0.39 is 16.1 Å². The van der Waals surface area contributed by atoms with Crippen molar-refractivity contribution in [2.45, 2.75) is 44.2 Å². The molecule has 6 nitrogen and oxygen atoms in total. The summed E-state index contributed by atoms with van der Waals surface area (Å²) in [6.07, 6.45) is 0.0623. The Hall–Kier alpha value is -1.44. The summed E-state index contributed by atoms with van der Waals surface area (Å²) in [5.41, 5.74) is 0.345. The molecule has 0 saturated carbocycles. The van der Waals surface area contributed by atoms with Gasteiger partial charge < -0.3 is 10.4 Å². The minimum absolute atomic E-state index is 0.120. The van der Waals surface area contributed by atoms with Crippen molar-refractivity contribution in [2.75, 3.05) is 6.54 Å². The first-order chi connectivity index (χ1) is 9.76. The van der Waals surface area contributed by atoms with Gasteiger partial charge in [0.15, 0.2) is 0 Å². The minimum Gasteiger partial charge on any atom is -0.392 e. The molecule has 0 aliphatic carbocycles. The van der Waals surface area contributed by atoms with Gasteiger partial charge in [-0.2, -0.15) is 0 Å². The molecule has 1 amide bonds. The SMILES string of the molecule is CCC(C)NS(=O)(=O)c1ccc(C(=O)NCC(C)O)cc1. The Morgan fingerprint density at radius 1 is 1.24 bits per heavy atom. The van der Waals surface area contributed by atoms with E-state index in [-0.39, 0.29) is 23.4 Å². The smallest absolute Gasteiger partial charge is 0.251 e. The van der Waals surface area contributed by atoms with Gasteiger partial charge in [0.05, 0.1) is 11.0 Å². The number of sulfonamides is 1. The maximum absolute atomic E-state index is 12.1. The predicted molar refractivity (Wildman–Crippen MR) is 80.5 cm³/mol. The summed E-state index contributed by atoms with van der Waals surface area (Å²) in [6, 6.07) is 5.53. The Morgan fingerprint density at radius 3 is 2.29 bits per heavy atom. The third-order valence-corrected chi connectivity index (χ3v) is 4.56. The Labute approximate surface area is 125 Å². The van der Waals surface area contributed by atoms with Crippen LogP contribution >= 0.6 is 0 Å². The van der Waals surface area contributed by atoms with E-state index in [9.17, 15) is 13.2 Å². The normalized spacial score (nSPS) is 14.5. The van der Waals surface area contributed by atoms with E-state index in [1.54, 1.807) is 13.8 Å². The second-order valence-corrected chi connectivity index (χ2v) is 6.73. The molecule has 0 aliphatic rings. The maximum Gasteiger partial charge on any atom is 0.251 e. The third kappa shape index (κ3) is 5.45. The number of aliphatic hydroxyl groups is 1. The average molecular weight is 314 g/mol. The molecule has 118 valence electrons. The maximum atomic E-state index is 12.1. The zero-order valence-electron chi connectivity index (χ0n) is 12.5. The first kappa shape index (κ1) is 17.6. The molecular weight excluding hydrogens is 292 g/mol. The van der Waals surface area contributed by atoms with E-state index in [1.165, 1.54) is 24.3 Å². The van der Waals surface area contributed by atoms with Crippen LogP contribution in [0.4, 0.5) is 0 Å². The Bertz CT molecular complexity index is 567. The molecule has 21 heavy (non-hydrogen) atoms. The van der Waals surface area contributed by atoms with Crippen molar-refractivity contribution in [3.8, 4) is 0 Å². The van der Waals surface area contributed by atoms with Crippen LogP contribution in [-0.4, -0.2) is 38.1 Å². The van der Waals surface area contributed by atoms with Gasteiger partial charge in [0.2, 0.25) is 10.0 Å². The Morgan fingerprint density at radius 2 is 1.81 bits per heavy atom. The lowest BCUT2D eigenvalue weighted by atomic mass is 10.2. The fraction of sp³-hybridized carbons (Fsp3) is 0.500. The third-order valence-electron chi connectivity index (χ3n) is 2.95. The molecule has 2 unspecified atom stereocenters. The van der Waals surface area contributed by atoms with Gasteiger partial charge in [-0.1, -0.05) is 6.92 Å². The molecule has 2 atom stereocenters. The van der Waals surface area contributed by atoms with Crippen LogP contribution in [0.2, 0.25) is 0 Å². The average Bonchev–Trinajstić information content (AvgIpc) is 2.44. The van der Waals surface area contributed by atoms with Gasteiger partial charge in [0.25, 0.3) is 5.91 Å². The van der Waals surface area contributed by atoms with Crippen LogP contribution in [0.15, 0.2) is 29.2 Å². The fourth-order valence-electron chi connectivity index (χ4n) is 1.54. The molecule has 7 heteroatoms. The lowest BCUT2D eigenvalue weighted by Gasteiger charge is -2.12. The van der Waals surface area contributed by atoms with E-state index in [1.807, 2.05) is 6.92 Å². The van der Waals surface area contributed by atoms with Gasteiger partial charge in [0, 0.05) is 18.2 Å². The van der Waals surface area contributed by atoms with Crippen molar-refractivity contribution < 1.29 is 18.3 Å². The van der Waals surface area contributed by atoms with Gasteiger partial charge >= 0.3 is 0 Å². The van der Waals surface area contributed by atoms with Crippen molar-refractivity contribution in [1.82, 2.24) is 10.0 Å². The van der Waals surface area contributed by atoms with Crippen LogP contribution in [0.25, 0.3) is 0 Å². The molecule has 0 fully saturated rings. The molecule has 1 aromatic carbocycles. The molecule has 0 aromatic heterocycles. The fourth-order valence-corrected chi connectivity index (χ4v) is 2.87. The summed E-state index contributed by atoms with van der Waals surface area (Å²) < 4.78 is 26.7. The predicted octanol–water partition coefficient (Wildman–Crippen LogP) is 0.874. The van der Waals surface area contributed by atoms with Crippen LogP contribution in [0.3, 0.4) is 0 Å². The molecule has 0 saturated heterocycles. The summed E-state index contributed by atoms with van der Waals surface area (Å²) >= 11 is 0. The standard InChI is InChI=1S/C14H22N2O4S/c1-4-10(2)16-21(19,20)13-7-5-12(6-8-13)14(18)15-9-11(3)17/h5-8,10-11,16-17H,4,9H2,1-3H3,(H,15,18). The van der Waals surface area contributed by atoms with Crippen molar-refractivity contribution in [3.63, 3.8) is 0 Å². The van der Waals surface area contributed by atoms with Crippen LogP contribution in [0.1, 0.15) is 37.6 Å². The topological polar surface area (TPSA) is 95.5 Å². The zero-order valence-corrected chi connectivity index (χ0v) is 13.3. The van der Waals surface area contributed by atoms with Crippen LogP contribution in [0.5, 0.6) is 0 Å². The van der Waals surface area contributed by atoms with Crippen molar-refractivity contribution in [2.24, 2.45) is 0 Å². The highest BCUT2D eigenvalue weighted by molar-refractivity contribution is 7.89. The number of carbonyl (C=O) groups is 1. The molecule has 1 rings (SSSR count). The molecule has 0 radical (unpaired) electrons. The number of hydrogen-bond acceptors (Lipinski definition) is 4. The van der Waals surface area contributed by atoms with Gasteiger partial charge in [0.1, 0.15) is 0 Å². The van der Waals surface area contributed by atoms with Crippen LogP contribution in [-0.2, 0) is 10.0 Å². The second kappa shape index (κ2) is 7.53. The molecule has 0 bridgehead atoms. The number of hydrogen-bond donors (Lipinski definition) is 3. The van der Waals surface area contributed by atoms with E-state index in [0.29, 0.717) is 12.0 Å². The molecule has 1 aromatic rings. The van der Waals surface area contributed by atoms with Crippen molar-refractivity contribution in [1.29, 1.82) is 0 Å². The zero-order chi connectivity index (χ0) is 16.0. The highest BCUT2D eigenvalue weighted by Gasteiger charge is 2.17. The first-order valence-electron chi connectivity index (χ1n) is 6.85. The van der Waals surface area contributed by atoms with E-state index in [4.69, 9.17) is 5.11 Å². The van der Waals surface area contributed by atoms with E-state index >= 15 is 0 Å². The summed E-state index contributed by atoms with van der Waals surface area (Å²) in [6.45, 7) is 5.39. The lowest BCUT2D eigenvalue weighted by Crippen LogP contribution is -2.32. The quantitative estimate of drug-likeness (QED) is 0.696. The summed E-state index contributed by atoms with van der Waals surface area (Å²) in [5, 5.41) is 11.6. The van der Waals surface area contributed by atoms with Crippen LogP contribution in [0, 0.1) is 0 Å².